The lowest BCUT2D eigenvalue weighted by Crippen LogP contribution is -2.29. The lowest BCUT2D eigenvalue weighted by atomic mass is 9.82. The molecule has 0 amide bonds. The molecule has 2 aromatic heterocycles. The summed E-state index contributed by atoms with van der Waals surface area (Å²) >= 11 is 3.39. The molecule has 0 unspecified atom stereocenters. The number of hydrogen-bond acceptors (Lipinski definition) is 4. The molecular formula is C14H16BrF3N4O. The van der Waals surface area contributed by atoms with Crippen molar-refractivity contribution in [3.05, 3.63) is 16.7 Å². The van der Waals surface area contributed by atoms with Gasteiger partial charge in [0.05, 0.1) is 17.0 Å². The van der Waals surface area contributed by atoms with Crippen molar-refractivity contribution in [2.75, 3.05) is 12.3 Å². The van der Waals surface area contributed by atoms with Crippen molar-refractivity contribution < 1.29 is 17.9 Å². The number of nitrogens with zero attached hydrogens (tertiary/aromatic N) is 3. The van der Waals surface area contributed by atoms with Gasteiger partial charge in [-0.3, -0.25) is 4.40 Å². The summed E-state index contributed by atoms with van der Waals surface area (Å²) in [5.74, 6) is -0.166. The van der Waals surface area contributed by atoms with E-state index >= 15 is 0 Å². The van der Waals surface area contributed by atoms with Crippen LogP contribution >= 0.6 is 15.9 Å². The highest BCUT2D eigenvalue weighted by molar-refractivity contribution is 9.10. The van der Waals surface area contributed by atoms with E-state index in [4.69, 9.17) is 10.5 Å². The van der Waals surface area contributed by atoms with Crippen molar-refractivity contribution in [3.8, 4) is 5.75 Å². The van der Waals surface area contributed by atoms with Crippen molar-refractivity contribution in [2.45, 2.75) is 31.9 Å². The van der Waals surface area contributed by atoms with Gasteiger partial charge in [0.15, 0.2) is 5.65 Å². The third-order valence-electron chi connectivity index (χ3n) is 4.27. The van der Waals surface area contributed by atoms with Gasteiger partial charge in [-0.1, -0.05) is 0 Å². The molecule has 1 fully saturated rings. The average Bonchev–Trinajstić information content (AvgIpc) is 2.85. The zero-order valence-corrected chi connectivity index (χ0v) is 13.8. The summed E-state index contributed by atoms with van der Waals surface area (Å²) in [6, 6.07) is 1.70. The van der Waals surface area contributed by atoms with Gasteiger partial charge in [0.1, 0.15) is 5.75 Å². The van der Waals surface area contributed by atoms with E-state index in [-0.39, 0.29) is 24.7 Å². The van der Waals surface area contributed by atoms with Gasteiger partial charge in [-0.05, 0) is 47.5 Å². The molecule has 0 aromatic carbocycles. The van der Waals surface area contributed by atoms with E-state index in [9.17, 15) is 13.2 Å². The predicted octanol–water partition coefficient (Wildman–Crippen LogP) is 3.82. The molecule has 1 aliphatic carbocycles. The summed E-state index contributed by atoms with van der Waals surface area (Å²) in [7, 11) is 0. The Kier molecular flexibility index (Phi) is 4.39. The van der Waals surface area contributed by atoms with Crippen LogP contribution in [0.4, 0.5) is 19.1 Å². The number of ether oxygens (including phenoxy) is 1. The van der Waals surface area contributed by atoms with Crippen molar-refractivity contribution >= 4 is 27.5 Å². The van der Waals surface area contributed by atoms with Crippen LogP contribution in [0.3, 0.4) is 0 Å². The fraction of sp³-hybridized carbons (Fsp3) is 0.571. The van der Waals surface area contributed by atoms with Crippen molar-refractivity contribution in [1.82, 2.24) is 14.6 Å². The maximum absolute atomic E-state index is 12.7. The molecule has 9 heteroatoms. The molecule has 1 aliphatic rings. The molecule has 23 heavy (non-hydrogen) atoms. The van der Waals surface area contributed by atoms with E-state index in [1.54, 1.807) is 16.7 Å². The Bertz CT molecular complexity index is 695. The van der Waals surface area contributed by atoms with Gasteiger partial charge in [0, 0.05) is 12.3 Å². The largest absolute Gasteiger partial charge is 0.492 e. The quantitative estimate of drug-likeness (QED) is 0.861. The first-order chi connectivity index (χ1) is 10.8. The number of anilines is 1. The summed E-state index contributed by atoms with van der Waals surface area (Å²) in [4.78, 5) is 0. The molecule has 0 atom stereocenters. The number of nitrogens with two attached hydrogens (primary N) is 1. The molecule has 2 aromatic rings. The van der Waals surface area contributed by atoms with Gasteiger partial charge in [-0.2, -0.15) is 13.2 Å². The first-order valence-electron chi connectivity index (χ1n) is 7.34. The second-order valence-corrected chi connectivity index (χ2v) is 6.70. The highest BCUT2D eigenvalue weighted by Crippen LogP contribution is 2.39. The van der Waals surface area contributed by atoms with Crippen LogP contribution in [-0.2, 0) is 0 Å². The Balaban J connectivity index is 1.60. The molecule has 2 heterocycles. The van der Waals surface area contributed by atoms with Crippen LogP contribution in [0.5, 0.6) is 5.75 Å². The Morgan fingerprint density at radius 1 is 1.26 bits per heavy atom. The number of nitrogen functional groups attached to an aromatic ring is 1. The SMILES string of the molecule is Nc1nnc2cc(OCC3CCC(C(F)(F)F)CC3)c(Br)cn12. The van der Waals surface area contributed by atoms with Gasteiger partial charge >= 0.3 is 6.18 Å². The minimum absolute atomic E-state index is 0.139. The topological polar surface area (TPSA) is 65.4 Å². The number of aromatic nitrogens is 3. The fourth-order valence-corrected chi connectivity index (χ4v) is 3.32. The van der Waals surface area contributed by atoms with Crippen LogP contribution in [-0.4, -0.2) is 27.4 Å². The average molecular weight is 393 g/mol. The summed E-state index contributed by atoms with van der Waals surface area (Å²) < 4.78 is 46.1. The molecule has 0 bridgehead atoms. The fourth-order valence-electron chi connectivity index (χ4n) is 2.88. The molecule has 0 spiro atoms. The first kappa shape index (κ1) is 16.4. The highest BCUT2D eigenvalue weighted by atomic mass is 79.9. The van der Waals surface area contributed by atoms with E-state index < -0.39 is 12.1 Å². The normalized spacial score (nSPS) is 22.4. The van der Waals surface area contributed by atoms with E-state index in [2.05, 4.69) is 26.1 Å². The minimum atomic E-state index is -4.08. The van der Waals surface area contributed by atoms with E-state index in [0.29, 0.717) is 35.3 Å². The van der Waals surface area contributed by atoms with Crippen molar-refractivity contribution in [1.29, 1.82) is 0 Å². The lowest BCUT2D eigenvalue weighted by Gasteiger charge is -2.29. The predicted molar refractivity (Wildman–Crippen MR) is 82.1 cm³/mol. The van der Waals surface area contributed by atoms with Gasteiger partial charge < -0.3 is 10.5 Å². The Morgan fingerprint density at radius 3 is 2.61 bits per heavy atom. The monoisotopic (exact) mass is 392 g/mol. The van der Waals surface area contributed by atoms with E-state index in [1.807, 2.05) is 0 Å². The minimum Gasteiger partial charge on any atom is -0.492 e. The molecule has 0 aliphatic heterocycles. The second kappa shape index (κ2) is 6.18. The van der Waals surface area contributed by atoms with Gasteiger partial charge in [-0.25, -0.2) is 0 Å². The number of rotatable bonds is 3. The number of halogens is 4. The summed E-state index contributed by atoms with van der Waals surface area (Å²) in [6.07, 6.45) is -0.950. The molecule has 2 N–H and O–H groups in total. The molecular weight excluding hydrogens is 377 g/mol. The summed E-state index contributed by atoms with van der Waals surface area (Å²) in [5, 5.41) is 7.68. The number of pyridine rings is 1. The number of fused-ring (bicyclic) bond motifs is 1. The second-order valence-electron chi connectivity index (χ2n) is 5.84. The lowest BCUT2D eigenvalue weighted by molar-refractivity contribution is -0.184. The van der Waals surface area contributed by atoms with E-state index in [0.717, 1.165) is 0 Å². The molecule has 0 radical (unpaired) electrons. The maximum atomic E-state index is 12.7. The first-order valence-corrected chi connectivity index (χ1v) is 8.13. The van der Waals surface area contributed by atoms with E-state index in [1.165, 1.54) is 0 Å². The van der Waals surface area contributed by atoms with Gasteiger partial charge in [-0.15, -0.1) is 10.2 Å². The van der Waals surface area contributed by atoms with Gasteiger partial charge in [0.2, 0.25) is 5.95 Å². The van der Waals surface area contributed by atoms with Crippen molar-refractivity contribution in [2.24, 2.45) is 11.8 Å². The standard InChI is InChI=1S/C14H16BrF3N4O/c15-10-6-22-12(20-21-13(22)19)5-11(10)23-7-8-1-3-9(4-2-8)14(16,17)18/h5-6,8-9H,1-4,7H2,(H2,19,21). The van der Waals surface area contributed by atoms with Gasteiger partial charge in [0.25, 0.3) is 0 Å². The van der Waals surface area contributed by atoms with Crippen LogP contribution in [0.25, 0.3) is 5.65 Å². The number of alkyl halides is 3. The molecule has 5 nitrogen and oxygen atoms in total. The van der Waals surface area contributed by atoms with Crippen LogP contribution in [0.15, 0.2) is 16.7 Å². The molecule has 0 saturated heterocycles. The molecule has 3 rings (SSSR count). The van der Waals surface area contributed by atoms with Crippen LogP contribution in [0.2, 0.25) is 0 Å². The van der Waals surface area contributed by atoms with Crippen LogP contribution in [0.1, 0.15) is 25.7 Å². The molecule has 1 saturated carbocycles. The third kappa shape index (κ3) is 3.54. The third-order valence-corrected chi connectivity index (χ3v) is 4.87. The molecule has 126 valence electrons. The summed E-state index contributed by atoms with van der Waals surface area (Å²) in [6.45, 7) is 0.392. The Labute approximate surface area is 139 Å². The summed E-state index contributed by atoms with van der Waals surface area (Å²) in [5.41, 5.74) is 6.23. The van der Waals surface area contributed by atoms with Crippen LogP contribution in [0, 0.1) is 11.8 Å². The highest BCUT2D eigenvalue weighted by Gasteiger charge is 2.41. The zero-order valence-electron chi connectivity index (χ0n) is 12.2. The zero-order chi connectivity index (χ0) is 16.6. The van der Waals surface area contributed by atoms with Crippen molar-refractivity contribution in [3.63, 3.8) is 0 Å². The van der Waals surface area contributed by atoms with Crippen LogP contribution < -0.4 is 10.5 Å². The Hall–Kier alpha value is -1.51. The smallest absolute Gasteiger partial charge is 0.391 e. The maximum Gasteiger partial charge on any atom is 0.391 e. The number of hydrogen-bond donors (Lipinski definition) is 1. The Morgan fingerprint density at radius 2 is 1.96 bits per heavy atom.